The molecule has 9 nitrogen and oxygen atoms in total. The highest BCUT2D eigenvalue weighted by atomic mass is 32.2. The number of aromatic nitrogens is 4. The normalized spacial score (nSPS) is 18.0. The lowest BCUT2D eigenvalue weighted by Gasteiger charge is -2.37. The molecule has 1 amide bonds. The molecule has 0 unspecified atom stereocenters. The largest absolute Gasteiger partial charge is 0.397 e. The van der Waals surface area contributed by atoms with Gasteiger partial charge in [-0.05, 0) is 55.8 Å². The molecule has 0 atom stereocenters. The molecule has 2 aromatic heterocycles. The lowest BCUT2D eigenvalue weighted by Crippen LogP contribution is -2.45. The number of alkyl halides is 5. The molecule has 0 radical (unpaired) electrons. The van der Waals surface area contributed by atoms with Crippen molar-refractivity contribution in [2.75, 3.05) is 41.7 Å². The van der Waals surface area contributed by atoms with Crippen LogP contribution in [0.2, 0.25) is 0 Å². The number of carbonyl (C=O) groups excluding carboxylic acids is 1. The zero-order valence-electron chi connectivity index (χ0n) is 22.1. The number of anilines is 4. The molecule has 2 fully saturated rings. The summed E-state index contributed by atoms with van der Waals surface area (Å²) in [6, 6.07) is 10.1. The van der Waals surface area contributed by atoms with Gasteiger partial charge in [0, 0.05) is 54.8 Å². The van der Waals surface area contributed by atoms with Gasteiger partial charge >= 0.3 is 6.18 Å². The Balaban J connectivity index is 1.29. The van der Waals surface area contributed by atoms with Crippen molar-refractivity contribution in [3.63, 3.8) is 0 Å². The van der Waals surface area contributed by atoms with Gasteiger partial charge in [-0.1, -0.05) is 0 Å². The van der Waals surface area contributed by atoms with E-state index >= 15 is 0 Å². The standard InChI is InChI=1S/C26H29F5N8OS/c1-16-12-21(37-36-16)33-20-13-22(38-9-6-18(7-10-38)39-11-8-25(27,28)15-39)35-24(34-20)41-19-4-2-17(3-5-19)32-23(40)14-26(29,30)31/h2-5,12-13,18H,6-11,14-15H2,1H3,(H,32,40)(H2,33,34,35,36,37). The number of rotatable bonds is 8. The minimum atomic E-state index is -4.58. The second kappa shape index (κ2) is 11.8. The van der Waals surface area contributed by atoms with Gasteiger partial charge in [0.05, 0.1) is 12.2 Å². The third kappa shape index (κ3) is 8.06. The third-order valence-electron chi connectivity index (χ3n) is 6.87. The number of amides is 1. The molecule has 4 heterocycles. The first-order valence-electron chi connectivity index (χ1n) is 13.1. The Kier molecular flexibility index (Phi) is 8.36. The highest BCUT2D eigenvalue weighted by molar-refractivity contribution is 7.99. The zero-order valence-corrected chi connectivity index (χ0v) is 23.0. The van der Waals surface area contributed by atoms with Gasteiger partial charge in [0.25, 0.3) is 5.92 Å². The van der Waals surface area contributed by atoms with Crippen LogP contribution in [0.5, 0.6) is 0 Å². The summed E-state index contributed by atoms with van der Waals surface area (Å²) in [4.78, 5) is 25.7. The number of piperidine rings is 1. The molecule has 0 bridgehead atoms. The van der Waals surface area contributed by atoms with Crippen molar-refractivity contribution in [3.8, 4) is 0 Å². The maximum absolute atomic E-state index is 13.7. The van der Waals surface area contributed by atoms with Crippen LogP contribution in [-0.2, 0) is 4.79 Å². The number of carbonyl (C=O) groups is 1. The summed E-state index contributed by atoms with van der Waals surface area (Å²) in [5.41, 5.74) is 1.04. The fourth-order valence-electron chi connectivity index (χ4n) is 4.94. The molecule has 2 aliphatic heterocycles. The van der Waals surface area contributed by atoms with Crippen molar-refractivity contribution in [1.29, 1.82) is 0 Å². The van der Waals surface area contributed by atoms with Crippen LogP contribution >= 0.6 is 11.8 Å². The lowest BCUT2D eigenvalue weighted by atomic mass is 10.0. The van der Waals surface area contributed by atoms with Crippen molar-refractivity contribution in [1.82, 2.24) is 25.1 Å². The maximum Gasteiger partial charge on any atom is 0.397 e. The van der Waals surface area contributed by atoms with Crippen LogP contribution in [0.25, 0.3) is 0 Å². The summed E-state index contributed by atoms with van der Waals surface area (Å²) in [7, 11) is 0. The topological polar surface area (TPSA) is 102 Å². The van der Waals surface area contributed by atoms with Gasteiger partial charge in [0.1, 0.15) is 23.9 Å². The number of H-pyrrole nitrogens is 1. The molecular formula is C26H29F5N8OS. The van der Waals surface area contributed by atoms with Gasteiger partial charge in [-0.3, -0.25) is 14.8 Å². The average Bonchev–Trinajstić information content (AvgIpc) is 3.48. The van der Waals surface area contributed by atoms with E-state index in [1.54, 1.807) is 12.1 Å². The monoisotopic (exact) mass is 596 g/mol. The van der Waals surface area contributed by atoms with E-state index in [1.807, 2.05) is 24.0 Å². The quantitative estimate of drug-likeness (QED) is 0.228. The number of likely N-dealkylation sites (tertiary alicyclic amines) is 1. The number of hydrogen-bond donors (Lipinski definition) is 3. The van der Waals surface area contributed by atoms with Gasteiger partial charge in [0.15, 0.2) is 5.16 Å². The molecule has 220 valence electrons. The number of nitrogens with zero attached hydrogens (tertiary/aromatic N) is 5. The lowest BCUT2D eigenvalue weighted by molar-refractivity contribution is -0.150. The highest BCUT2D eigenvalue weighted by Crippen LogP contribution is 2.34. The van der Waals surface area contributed by atoms with Crippen molar-refractivity contribution >= 4 is 40.8 Å². The van der Waals surface area contributed by atoms with Crippen LogP contribution in [0.3, 0.4) is 0 Å². The van der Waals surface area contributed by atoms with Crippen LogP contribution in [0.1, 0.15) is 31.4 Å². The summed E-state index contributed by atoms with van der Waals surface area (Å²) in [6.45, 7) is 3.39. The number of aromatic amines is 1. The van der Waals surface area contributed by atoms with Gasteiger partial charge in [0.2, 0.25) is 5.91 Å². The van der Waals surface area contributed by atoms with E-state index in [2.05, 4.69) is 30.7 Å². The predicted molar refractivity (Wildman–Crippen MR) is 145 cm³/mol. The van der Waals surface area contributed by atoms with Crippen molar-refractivity contribution in [2.24, 2.45) is 0 Å². The van der Waals surface area contributed by atoms with Crippen molar-refractivity contribution in [3.05, 3.63) is 42.1 Å². The molecule has 41 heavy (non-hydrogen) atoms. The van der Waals surface area contributed by atoms with Crippen LogP contribution in [0.4, 0.5) is 45.1 Å². The van der Waals surface area contributed by atoms with Crippen LogP contribution in [-0.4, -0.2) is 75.3 Å². The van der Waals surface area contributed by atoms with E-state index < -0.39 is 24.4 Å². The summed E-state index contributed by atoms with van der Waals surface area (Å²) in [5.74, 6) is -1.90. The molecule has 0 aliphatic carbocycles. The number of hydrogen-bond acceptors (Lipinski definition) is 8. The Morgan fingerprint density at radius 2 is 1.85 bits per heavy atom. The molecule has 5 rings (SSSR count). The van der Waals surface area contributed by atoms with Gasteiger partial charge in [-0.15, -0.1) is 0 Å². The van der Waals surface area contributed by atoms with Gasteiger partial charge in [-0.2, -0.15) is 18.3 Å². The van der Waals surface area contributed by atoms with E-state index in [-0.39, 0.29) is 24.7 Å². The minimum absolute atomic E-state index is 0.0945. The first kappa shape index (κ1) is 29.0. The molecule has 2 saturated heterocycles. The summed E-state index contributed by atoms with van der Waals surface area (Å²) in [5, 5.41) is 12.9. The molecular weight excluding hydrogens is 567 g/mol. The molecule has 3 N–H and O–H groups in total. The summed E-state index contributed by atoms with van der Waals surface area (Å²) < 4.78 is 64.8. The van der Waals surface area contributed by atoms with Crippen molar-refractivity contribution < 1.29 is 26.7 Å². The second-order valence-electron chi connectivity index (χ2n) is 10.2. The number of aryl methyl sites for hydroxylation is 1. The summed E-state index contributed by atoms with van der Waals surface area (Å²) in [6.07, 6.45) is -4.75. The van der Waals surface area contributed by atoms with E-state index in [4.69, 9.17) is 4.98 Å². The molecule has 15 heteroatoms. The third-order valence-corrected chi connectivity index (χ3v) is 7.75. The Morgan fingerprint density at radius 1 is 1.12 bits per heavy atom. The first-order chi connectivity index (χ1) is 19.4. The predicted octanol–water partition coefficient (Wildman–Crippen LogP) is 5.60. The van der Waals surface area contributed by atoms with Gasteiger partial charge in [-0.25, -0.2) is 18.7 Å². The molecule has 1 aromatic carbocycles. The van der Waals surface area contributed by atoms with E-state index in [0.717, 1.165) is 18.5 Å². The number of nitrogens with one attached hydrogen (secondary N) is 3. The maximum atomic E-state index is 13.7. The molecule has 0 spiro atoms. The minimum Gasteiger partial charge on any atom is -0.356 e. The molecule has 2 aliphatic rings. The van der Waals surface area contributed by atoms with Crippen LogP contribution < -0.4 is 15.5 Å². The highest BCUT2D eigenvalue weighted by Gasteiger charge is 2.41. The van der Waals surface area contributed by atoms with E-state index in [9.17, 15) is 26.7 Å². The van der Waals surface area contributed by atoms with E-state index in [0.29, 0.717) is 47.1 Å². The fraction of sp³-hybridized carbons (Fsp3) is 0.462. The Bertz CT molecular complexity index is 1360. The molecule has 0 saturated carbocycles. The van der Waals surface area contributed by atoms with Crippen LogP contribution in [0.15, 0.2) is 46.5 Å². The Labute approximate surface area is 237 Å². The fourth-order valence-corrected chi connectivity index (χ4v) is 5.71. The van der Waals surface area contributed by atoms with Crippen molar-refractivity contribution in [2.45, 2.75) is 60.8 Å². The SMILES string of the molecule is Cc1cc(Nc2cc(N3CCC(N4CCC(F)(F)C4)CC3)nc(Sc3ccc(NC(=O)CC(F)(F)F)cc3)n2)[nH]n1. The zero-order chi connectivity index (χ0) is 29.2. The smallest absolute Gasteiger partial charge is 0.356 e. The summed E-state index contributed by atoms with van der Waals surface area (Å²) >= 11 is 1.26. The van der Waals surface area contributed by atoms with Gasteiger partial charge < -0.3 is 15.5 Å². The number of benzene rings is 1. The number of halogens is 5. The first-order valence-corrected chi connectivity index (χ1v) is 13.9. The second-order valence-corrected chi connectivity index (χ2v) is 11.2. The Morgan fingerprint density at radius 3 is 2.46 bits per heavy atom. The van der Waals surface area contributed by atoms with E-state index in [1.165, 1.54) is 23.9 Å². The van der Waals surface area contributed by atoms with Crippen LogP contribution in [0, 0.1) is 6.92 Å². The average molecular weight is 597 g/mol. The Hall–Kier alpha value is -3.46. The molecule has 3 aromatic rings.